The van der Waals surface area contributed by atoms with Gasteiger partial charge in [0.25, 0.3) is 5.91 Å². The fourth-order valence-corrected chi connectivity index (χ4v) is 5.16. The van der Waals surface area contributed by atoms with Gasteiger partial charge in [0, 0.05) is 56.0 Å². The molecule has 3 aliphatic rings. The molecule has 1 amide bonds. The fourth-order valence-electron chi connectivity index (χ4n) is 5.16. The van der Waals surface area contributed by atoms with Crippen molar-refractivity contribution in [1.29, 1.82) is 0 Å². The molecule has 0 radical (unpaired) electrons. The number of hydrogen-bond donors (Lipinski definition) is 1. The lowest BCUT2D eigenvalue weighted by molar-refractivity contribution is -0.137. The Morgan fingerprint density at radius 1 is 1.10 bits per heavy atom. The van der Waals surface area contributed by atoms with Gasteiger partial charge in [-0.2, -0.15) is 13.2 Å². The summed E-state index contributed by atoms with van der Waals surface area (Å²) in [5, 5.41) is 3.08. The van der Waals surface area contributed by atoms with E-state index < -0.39 is 23.3 Å². The Balaban J connectivity index is 1.58. The van der Waals surface area contributed by atoms with E-state index in [0.29, 0.717) is 58.3 Å². The van der Waals surface area contributed by atoms with E-state index in [1.165, 1.54) is 12.1 Å². The zero-order valence-electron chi connectivity index (χ0n) is 21.7. The number of morpholine rings is 1. The molecule has 3 aliphatic heterocycles. The maximum absolute atomic E-state index is 13.7. The number of hydrogen-bond acceptors (Lipinski definition) is 7. The molecule has 5 rings (SSSR count). The number of allylic oxidation sites excluding steroid dienone is 1. The van der Waals surface area contributed by atoms with E-state index in [-0.39, 0.29) is 18.1 Å². The smallest absolute Gasteiger partial charge is 0.416 e. The highest BCUT2D eigenvalue weighted by molar-refractivity contribution is 6.01. The summed E-state index contributed by atoms with van der Waals surface area (Å²) in [6, 6.07) is 8.17. The molecule has 208 valence electrons. The molecule has 1 aromatic heterocycles. The zero-order chi connectivity index (χ0) is 27.5. The SMILES string of the molecule is CC1=C(c2cccnc2)CC(NC(=O)c2cccc(C(F)(F)F)c2)(N2CCOCC2)C(OC2CCOCC2)=N1. The van der Waals surface area contributed by atoms with Crippen LogP contribution in [0, 0.1) is 0 Å². The molecule has 8 nitrogen and oxygen atoms in total. The van der Waals surface area contributed by atoms with Crippen LogP contribution in [-0.4, -0.2) is 73.0 Å². The van der Waals surface area contributed by atoms with Gasteiger partial charge in [0.2, 0.25) is 5.90 Å². The van der Waals surface area contributed by atoms with E-state index >= 15 is 0 Å². The van der Waals surface area contributed by atoms with E-state index in [1.807, 2.05) is 24.0 Å². The van der Waals surface area contributed by atoms with Gasteiger partial charge in [-0.1, -0.05) is 12.1 Å². The van der Waals surface area contributed by atoms with Crippen molar-refractivity contribution in [2.24, 2.45) is 4.99 Å². The number of aliphatic imine (C=N–C) groups is 1. The zero-order valence-corrected chi connectivity index (χ0v) is 21.7. The summed E-state index contributed by atoms with van der Waals surface area (Å²) in [6.45, 7) is 4.78. The number of ether oxygens (including phenoxy) is 3. The van der Waals surface area contributed by atoms with Crippen LogP contribution in [-0.2, 0) is 20.4 Å². The van der Waals surface area contributed by atoms with Crippen LogP contribution in [0.25, 0.3) is 5.57 Å². The van der Waals surface area contributed by atoms with E-state index in [1.54, 1.807) is 12.4 Å². The first kappa shape index (κ1) is 27.3. The van der Waals surface area contributed by atoms with Crippen LogP contribution in [0.3, 0.4) is 0 Å². The minimum Gasteiger partial charge on any atom is -0.475 e. The number of nitrogens with one attached hydrogen (secondary N) is 1. The molecule has 2 aromatic rings. The molecule has 1 atom stereocenters. The highest BCUT2D eigenvalue weighted by atomic mass is 19.4. The Morgan fingerprint density at radius 3 is 2.54 bits per heavy atom. The average Bonchev–Trinajstić information content (AvgIpc) is 2.95. The highest BCUT2D eigenvalue weighted by Crippen LogP contribution is 2.38. The Bertz CT molecular complexity index is 1240. The van der Waals surface area contributed by atoms with Gasteiger partial charge in [-0.05, 0) is 42.3 Å². The van der Waals surface area contributed by atoms with Gasteiger partial charge in [0.1, 0.15) is 6.10 Å². The van der Waals surface area contributed by atoms with Gasteiger partial charge in [-0.15, -0.1) is 0 Å². The minimum absolute atomic E-state index is 0.0999. The number of rotatable bonds is 5. The van der Waals surface area contributed by atoms with Gasteiger partial charge in [0.05, 0.1) is 32.0 Å². The van der Waals surface area contributed by atoms with Crippen LogP contribution >= 0.6 is 0 Å². The van der Waals surface area contributed by atoms with Crippen LogP contribution in [0.2, 0.25) is 0 Å². The largest absolute Gasteiger partial charge is 0.475 e. The van der Waals surface area contributed by atoms with Gasteiger partial charge in [0.15, 0.2) is 5.66 Å². The molecule has 4 heterocycles. The monoisotopic (exact) mass is 544 g/mol. The number of amides is 1. The maximum Gasteiger partial charge on any atom is 0.416 e. The highest BCUT2D eigenvalue weighted by Gasteiger charge is 2.49. The molecule has 0 aliphatic carbocycles. The van der Waals surface area contributed by atoms with Crippen LogP contribution in [0.4, 0.5) is 13.2 Å². The lowest BCUT2D eigenvalue weighted by atomic mass is 9.88. The standard InChI is InChI=1S/C28H31F3N4O4/c1-19-24(21-5-3-9-32-18-21)17-27(35-10-14-38-15-11-35,26(33-19)39-23-7-12-37-13-8-23)34-25(36)20-4-2-6-22(16-20)28(29,30)31/h2-6,9,16,18,23H,7-8,10-15,17H2,1H3,(H,34,36). The second-order valence-corrected chi connectivity index (χ2v) is 9.82. The number of carbonyl (C=O) groups is 1. The van der Waals surface area contributed by atoms with Crippen molar-refractivity contribution in [2.75, 3.05) is 39.5 Å². The second-order valence-electron chi connectivity index (χ2n) is 9.82. The summed E-state index contributed by atoms with van der Waals surface area (Å²) in [6.07, 6.45) is 0.284. The molecule has 2 saturated heterocycles. The third kappa shape index (κ3) is 6.00. The number of pyridine rings is 1. The Labute approximate surface area is 224 Å². The summed E-state index contributed by atoms with van der Waals surface area (Å²) in [5.74, 6) is -0.331. The molecule has 11 heteroatoms. The summed E-state index contributed by atoms with van der Waals surface area (Å²) >= 11 is 0. The van der Waals surface area contributed by atoms with E-state index in [9.17, 15) is 18.0 Å². The quantitative estimate of drug-likeness (QED) is 0.605. The van der Waals surface area contributed by atoms with Crippen molar-refractivity contribution in [2.45, 2.75) is 44.1 Å². The predicted octanol–water partition coefficient (Wildman–Crippen LogP) is 4.29. The first-order chi connectivity index (χ1) is 18.8. The molecule has 0 saturated carbocycles. The van der Waals surface area contributed by atoms with E-state index in [2.05, 4.69) is 10.3 Å². The van der Waals surface area contributed by atoms with Crippen molar-refractivity contribution in [3.8, 4) is 0 Å². The van der Waals surface area contributed by atoms with Crippen molar-refractivity contribution in [3.63, 3.8) is 0 Å². The fraction of sp³-hybridized carbons (Fsp3) is 0.464. The first-order valence-corrected chi connectivity index (χ1v) is 13.0. The third-order valence-corrected chi connectivity index (χ3v) is 7.27. The molecular weight excluding hydrogens is 513 g/mol. The molecule has 1 N–H and O–H groups in total. The maximum atomic E-state index is 13.7. The van der Waals surface area contributed by atoms with Gasteiger partial charge in [-0.25, -0.2) is 4.99 Å². The van der Waals surface area contributed by atoms with Gasteiger partial charge >= 0.3 is 6.18 Å². The first-order valence-electron chi connectivity index (χ1n) is 13.0. The molecule has 0 spiro atoms. The van der Waals surface area contributed by atoms with E-state index in [0.717, 1.165) is 29.0 Å². The molecule has 2 fully saturated rings. The molecule has 0 bridgehead atoms. The van der Waals surface area contributed by atoms with E-state index in [4.69, 9.17) is 19.2 Å². The molecule has 39 heavy (non-hydrogen) atoms. The van der Waals surface area contributed by atoms with Crippen molar-refractivity contribution in [1.82, 2.24) is 15.2 Å². The minimum atomic E-state index is -4.57. The molecular formula is C28H31F3N4O4. The predicted molar refractivity (Wildman–Crippen MR) is 138 cm³/mol. The summed E-state index contributed by atoms with van der Waals surface area (Å²) in [5.41, 5.74) is 0.184. The summed E-state index contributed by atoms with van der Waals surface area (Å²) in [4.78, 5) is 24.9. The van der Waals surface area contributed by atoms with Crippen LogP contribution in [0.5, 0.6) is 0 Å². The lowest BCUT2D eigenvalue weighted by Crippen LogP contribution is -2.69. The lowest BCUT2D eigenvalue weighted by Gasteiger charge is -2.48. The van der Waals surface area contributed by atoms with Crippen molar-refractivity contribution in [3.05, 3.63) is 71.2 Å². The molecule has 1 unspecified atom stereocenters. The van der Waals surface area contributed by atoms with Gasteiger partial charge in [-0.3, -0.25) is 14.7 Å². The number of carbonyl (C=O) groups excluding carboxylic acids is 1. The summed E-state index contributed by atoms with van der Waals surface area (Å²) in [7, 11) is 0. The Kier molecular flexibility index (Phi) is 8.01. The average molecular weight is 545 g/mol. The number of aromatic nitrogens is 1. The number of benzene rings is 1. The molecule has 1 aromatic carbocycles. The number of halogens is 3. The van der Waals surface area contributed by atoms with Crippen molar-refractivity contribution < 1.29 is 32.2 Å². The topological polar surface area (TPSA) is 85.3 Å². The van der Waals surface area contributed by atoms with Crippen LogP contribution in [0.1, 0.15) is 47.7 Å². The van der Waals surface area contributed by atoms with Crippen LogP contribution in [0.15, 0.2) is 59.5 Å². The number of nitrogens with zero attached hydrogens (tertiary/aromatic N) is 3. The third-order valence-electron chi connectivity index (χ3n) is 7.27. The van der Waals surface area contributed by atoms with Gasteiger partial charge < -0.3 is 19.5 Å². The summed E-state index contributed by atoms with van der Waals surface area (Å²) < 4.78 is 57.9. The second kappa shape index (κ2) is 11.4. The Morgan fingerprint density at radius 2 is 1.85 bits per heavy atom. The van der Waals surface area contributed by atoms with Crippen LogP contribution < -0.4 is 5.32 Å². The Hall–Kier alpha value is -3.28. The number of alkyl halides is 3. The normalized spacial score (nSPS) is 23.3. The van der Waals surface area contributed by atoms with Crippen molar-refractivity contribution >= 4 is 17.4 Å².